The van der Waals surface area contributed by atoms with E-state index in [1.807, 2.05) is 6.92 Å². The number of ether oxygens (including phenoxy) is 2. The van der Waals surface area contributed by atoms with Gasteiger partial charge in [-0.1, -0.05) is 6.92 Å². The van der Waals surface area contributed by atoms with Gasteiger partial charge in [0.25, 0.3) is 5.91 Å². The molecule has 2 N–H and O–H groups in total. The lowest BCUT2D eigenvalue weighted by Crippen LogP contribution is -2.42. The predicted octanol–water partition coefficient (Wildman–Crippen LogP) is 2.40. The van der Waals surface area contributed by atoms with Crippen LogP contribution in [0.15, 0.2) is 16.6 Å². The largest absolute Gasteiger partial charge is 0.493 e. The van der Waals surface area contributed by atoms with Crippen molar-refractivity contribution in [2.75, 3.05) is 20.4 Å². The Morgan fingerprint density at radius 1 is 1.45 bits per heavy atom. The fourth-order valence-corrected chi connectivity index (χ4v) is 2.16. The Bertz CT molecular complexity index is 552. The van der Waals surface area contributed by atoms with Crippen molar-refractivity contribution < 1.29 is 28.6 Å². The monoisotopic (exact) mass is 377 g/mol. The van der Waals surface area contributed by atoms with Crippen LogP contribution in [0.5, 0.6) is 11.5 Å². The van der Waals surface area contributed by atoms with E-state index in [2.05, 4.69) is 21.2 Å². The standard InChI is InChI=1S/C14H17BrFNO5/c1-3-4-22-12-9(15)5-8(6-11(12)21-2)13(18)17-10(7-16)14(19)20/h5-6,10H,3-4,7H2,1-2H3,(H,17,18)(H,19,20). The molecule has 6 nitrogen and oxygen atoms in total. The van der Waals surface area contributed by atoms with E-state index in [4.69, 9.17) is 14.6 Å². The van der Waals surface area contributed by atoms with E-state index in [0.29, 0.717) is 22.6 Å². The van der Waals surface area contributed by atoms with Crippen LogP contribution in [-0.4, -0.2) is 43.4 Å². The first-order valence-electron chi connectivity index (χ1n) is 6.54. The van der Waals surface area contributed by atoms with Crippen molar-refractivity contribution >= 4 is 27.8 Å². The molecular weight excluding hydrogens is 361 g/mol. The molecule has 0 saturated heterocycles. The second kappa shape index (κ2) is 8.57. The van der Waals surface area contributed by atoms with Crippen molar-refractivity contribution in [3.8, 4) is 11.5 Å². The number of carbonyl (C=O) groups excluding carboxylic acids is 1. The lowest BCUT2D eigenvalue weighted by Gasteiger charge is -2.15. The van der Waals surface area contributed by atoms with Crippen LogP contribution in [0.4, 0.5) is 4.39 Å². The van der Waals surface area contributed by atoms with Gasteiger partial charge in [-0.25, -0.2) is 9.18 Å². The molecule has 0 fully saturated rings. The molecule has 1 amide bonds. The third kappa shape index (κ3) is 4.59. The number of rotatable bonds is 8. The maximum Gasteiger partial charge on any atom is 0.328 e. The van der Waals surface area contributed by atoms with Crippen molar-refractivity contribution in [2.24, 2.45) is 0 Å². The number of alkyl halides is 1. The number of carbonyl (C=O) groups is 2. The second-order valence-corrected chi connectivity index (χ2v) is 5.21. The highest BCUT2D eigenvalue weighted by Gasteiger charge is 2.22. The van der Waals surface area contributed by atoms with Crippen LogP contribution in [0.2, 0.25) is 0 Å². The van der Waals surface area contributed by atoms with Gasteiger partial charge in [-0.2, -0.15) is 0 Å². The van der Waals surface area contributed by atoms with E-state index in [9.17, 15) is 14.0 Å². The van der Waals surface area contributed by atoms with Crippen molar-refractivity contribution in [1.82, 2.24) is 5.32 Å². The van der Waals surface area contributed by atoms with Crippen LogP contribution >= 0.6 is 15.9 Å². The van der Waals surface area contributed by atoms with Gasteiger partial charge in [-0.15, -0.1) is 0 Å². The molecule has 0 spiro atoms. The van der Waals surface area contributed by atoms with Crippen LogP contribution in [0.1, 0.15) is 23.7 Å². The molecule has 1 unspecified atom stereocenters. The average Bonchev–Trinajstić information content (AvgIpc) is 2.49. The van der Waals surface area contributed by atoms with Crippen LogP contribution in [0.3, 0.4) is 0 Å². The molecule has 1 atom stereocenters. The number of carboxylic acid groups (broad SMARTS) is 1. The maximum atomic E-state index is 12.6. The summed E-state index contributed by atoms with van der Waals surface area (Å²) in [6.45, 7) is 1.23. The Kier molecular flexibility index (Phi) is 7.10. The molecule has 8 heteroatoms. The third-order valence-corrected chi connectivity index (χ3v) is 3.29. The number of hydrogen-bond acceptors (Lipinski definition) is 4. The van der Waals surface area contributed by atoms with Crippen molar-refractivity contribution in [3.05, 3.63) is 22.2 Å². The van der Waals surface area contributed by atoms with Gasteiger partial charge in [0.1, 0.15) is 6.67 Å². The second-order valence-electron chi connectivity index (χ2n) is 4.36. The number of aliphatic carboxylic acids is 1. The SMILES string of the molecule is CCCOc1c(Br)cc(C(=O)NC(CF)C(=O)O)cc1OC. The Hall–Kier alpha value is -1.83. The average molecular weight is 378 g/mol. The molecule has 122 valence electrons. The summed E-state index contributed by atoms with van der Waals surface area (Å²) in [5.74, 6) is -1.39. The predicted molar refractivity (Wildman–Crippen MR) is 81.3 cm³/mol. The number of hydrogen-bond donors (Lipinski definition) is 2. The van der Waals surface area contributed by atoms with Gasteiger partial charge < -0.3 is 19.9 Å². The van der Waals surface area contributed by atoms with Crippen molar-refractivity contribution in [1.29, 1.82) is 0 Å². The normalized spacial score (nSPS) is 11.6. The lowest BCUT2D eigenvalue weighted by atomic mass is 10.1. The molecular formula is C14H17BrFNO5. The van der Waals surface area contributed by atoms with Crippen LogP contribution in [0.25, 0.3) is 0 Å². The number of halogens is 2. The van der Waals surface area contributed by atoms with Gasteiger partial charge in [0.2, 0.25) is 0 Å². The highest BCUT2D eigenvalue weighted by atomic mass is 79.9. The molecule has 1 aromatic carbocycles. The molecule has 0 aliphatic heterocycles. The summed E-state index contributed by atoms with van der Waals surface area (Å²) in [5.41, 5.74) is 0.132. The van der Waals surface area contributed by atoms with Crippen LogP contribution in [-0.2, 0) is 4.79 Å². The summed E-state index contributed by atoms with van der Waals surface area (Å²) in [6, 6.07) is 1.27. The van der Waals surface area contributed by atoms with E-state index >= 15 is 0 Å². The molecule has 1 aromatic rings. The van der Waals surface area contributed by atoms with E-state index in [1.54, 1.807) is 0 Å². The number of amides is 1. The van der Waals surface area contributed by atoms with Gasteiger partial charge in [0.15, 0.2) is 17.5 Å². The zero-order valence-corrected chi connectivity index (χ0v) is 13.8. The first kappa shape index (κ1) is 18.2. The fraction of sp³-hybridized carbons (Fsp3) is 0.429. The van der Waals surface area contributed by atoms with Gasteiger partial charge in [0, 0.05) is 5.56 Å². The summed E-state index contributed by atoms with van der Waals surface area (Å²) < 4.78 is 23.7. The lowest BCUT2D eigenvalue weighted by molar-refractivity contribution is -0.139. The first-order chi connectivity index (χ1) is 10.4. The summed E-state index contributed by atoms with van der Waals surface area (Å²) in [4.78, 5) is 22.8. The van der Waals surface area contributed by atoms with E-state index in [-0.39, 0.29) is 5.56 Å². The van der Waals surface area contributed by atoms with Crippen molar-refractivity contribution in [2.45, 2.75) is 19.4 Å². The van der Waals surface area contributed by atoms with E-state index in [1.165, 1.54) is 19.2 Å². The molecule has 0 aliphatic carbocycles. The van der Waals surface area contributed by atoms with Crippen LogP contribution < -0.4 is 14.8 Å². The van der Waals surface area contributed by atoms with Gasteiger partial charge in [-0.3, -0.25) is 4.79 Å². The van der Waals surface area contributed by atoms with Crippen LogP contribution in [0, 0.1) is 0 Å². The maximum absolute atomic E-state index is 12.6. The highest BCUT2D eigenvalue weighted by molar-refractivity contribution is 9.10. The zero-order valence-electron chi connectivity index (χ0n) is 12.2. The number of nitrogens with one attached hydrogen (secondary N) is 1. The molecule has 0 aromatic heterocycles. The molecule has 22 heavy (non-hydrogen) atoms. The zero-order chi connectivity index (χ0) is 16.7. The third-order valence-electron chi connectivity index (χ3n) is 2.70. The summed E-state index contributed by atoms with van der Waals surface area (Å²) >= 11 is 3.27. The van der Waals surface area contributed by atoms with Gasteiger partial charge >= 0.3 is 5.97 Å². The summed E-state index contributed by atoms with van der Waals surface area (Å²) in [5, 5.41) is 10.8. The Balaban J connectivity index is 3.03. The quantitative estimate of drug-likeness (QED) is 0.726. The Morgan fingerprint density at radius 3 is 2.64 bits per heavy atom. The molecule has 0 bridgehead atoms. The number of carboxylic acids is 1. The first-order valence-corrected chi connectivity index (χ1v) is 7.33. The minimum atomic E-state index is -1.59. The number of benzene rings is 1. The van der Waals surface area contributed by atoms with Crippen molar-refractivity contribution in [3.63, 3.8) is 0 Å². The minimum absolute atomic E-state index is 0.132. The Morgan fingerprint density at radius 2 is 2.14 bits per heavy atom. The number of methoxy groups -OCH3 is 1. The highest BCUT2D eigenvalue weighted by Crippen LogP contribution is 2.36. The summed E-state index contributed by atoms with van der Waals surface area (Å²) in [7, 11) is 1.42. The summed E-state index contributed by atoms with van der Waals surface area (Å²) in [6.07, 6.45) is 0.800. The Labute approximate surface area is 135 Å². The minimum Gasteiger partial charge on any atom is -0.493 e. The fourth-order valence-electron chi connectivity index (χ4n) is 1.60. The topological polar surface area (TPSA) is 84.9 Å². The molecule has 0 aliphatic rings. The smallest absolute Gasteiger partial charge is 0.328 e. The molecule has 1 rings (SSSR count). The van der Waals surface area contributed by atoms with Gasteiger partial charge in [0.05, 0.1) is 18.2 Å². The molecule has 0 radical (unpaired) electrons. The molecule has 0 heterocycles. The molecule has 0 saturated carbocycles. The van der Waals surface area contributed by atoms with E-state index < -0.39 is 24.6 Å². The van der Waals surface area contributed by atoms with Gasteiger partial charge in [-0.05, 0) is 34.5 Å². The van der Waals surface area contributed by atoms with E-state index in [0.717, 1.165) is 6.42 Å².